The number of anilines is 1. The van der Waals surface area contributed by atoms with E-state index in [1.807, 2.05) is 32.0 Å². The molecule has 1 unspecified atom stereocenters. The first kappa shape index (κ1) is 18.5. The van der Waals surface area contributed by atoms with Gasteiger partial charge < -0.3 is 4.98 Å². The summed E-state index contributed by atoms with van der Waals surface area (Å²) < 4.78 is 24.8. The van der Waals surface area contributed by atoms with Crippen LogP contribution in [0.2, 0.25) is 0 Å². The summed E-state index contributed by atoms with van der Waals surface area (Å²) in [5.74, 6) is -0.0439. The molecule has 1 atom stereocenters. The van der Waals surface area contributed by atoms with Gasteiger partial charge in [0, 0.05) is 11.3 Å². The summed E-state index contributed by atoms with van der Waals surface area (Å²) in [7, 11) is -3.33. The summed E-state index contributed by atoms with van der Waals surface area (Å²) in [6.45, 7) is 3.84. The Morgan fingerprint density at radius 1 is 1.19 bits per heavy atom. The number of sulfonamides is 1. The first-order chi connectivity index (χ1) is 12.2. The van der Waals surface area contributed by atoms with E-state index in [1.165, 1.54) is 11.8 Å². The SMILES string of the molecule is Cc1ccc2nc(SC(C)C(=O)c3ccc(NS(C)(=O)=O)cc3)[nH]c2c1. The molecular weight excluding hydrogens is 370 g/mol. The Morgan fingerprint density at radius 2 is 1.88 bits per heavy atom. The van der Waals surface area contributed by atoms with Crippen LogP contribution >= 0.6 is 11.8 Å². The largest absolute Gasteiger partial charge is 0.333 e. The number of imidazole rings is 1. The minimum absolute atomic E-state index is 0.0439. The Labute approximate surface area is 156 Å². The van der Waals surface area contributed by atoms with Crippen molar-refractivity contribution < 1.29 is 13.2 Å². The fourth-order valence-corrected chi connectivity index (χ4v) is 3.99. The van der Waals surface area contributed by atoms with Crippen LogP contribution in [-0.2, 0) is 10.0 Å². The maximum absolute atomic E-state index is 12.6. The summed E-state index contributed by atoms with van der Waals surface area (Å²) in [5.41, 5.74) is 3.91. The van der Waals surface area contributed by atoms with Gasteiger partial charge >= 0.3 is 0 Å². The molecule has 8 heteroatoms. The average molecular weight is 390 g/mol. The van der Waals surface area contributed by atoms with Crippen LogP contribution in [-0.4, -0.2) is 35.7 Å². The van der Waals surface area contributed by atoms with E-state index in [0.717, 1.165) is 22.9 Å². The number of nitrogens with zero attached hydrogens (tertiary/aromatic N) is 1. The van der Waals surface area contributed by atoms with Crippen LogP contribution in [0.4, 0.5) is 5.69 Å². The molecule has 0 aliphatic rings. The van der Waals surface area contributed by atoms with Gasteiger partial charge in [-0.3, -0.25) is 9.52 Å². The highest BCUT2D eigenvalue weighted by molar-refractivity contribution is 8.00. The second-order valence-corrected chi connectivity index (χ2v) is 9.22. The smallest absolute Gasteiger partial charge is 0.229 e. The number of H-pyrrole nitrogens is 1. The van der Waals surface area contributed by atoms with Crippen LogP contribution in [0.1, 0.15) is 22.8 Å². The van der Waals surface area contributed by atoms with Crippen molar-refractivity contribution in [1.29, 1.82) is 0 Å². The number of rotatable bonds is 6. The van der Waals surface area contributed by atoms with E-state index in [2.05, 4.69) is 14.7 Å². The second kappa shape index (κ2) is 7.13. The highest BCUT2D eigenvalue weighted by atomic mass is 32.2. The minimum atomic E-state index is -3.33. The van der Waals surface area contributed by atoms with Crippen LogP contribution < -0.4 is 4.72 Å². The molecule has 0 aliphatic heterocycles. The zero-order valence-electron chi connectivity index (χ0n) is 14.6. The Kier molecular flexibility index (Phi) is 5.06. The highest BCUT2D eigenvalue weighted by Crippen LogP contribution is 2.26. The van der Waals surface area contributed by atoms with Gasteiger partial charge in [0.2, 0.25) is 10.0 Å². The predicted molar refractivity (Wildman–Crippen MR) is 105 cm³/mol. The van der Waals surface area contributed by atoms with Gasteiger partial charge in [-0.25, -0.2) is 13.4 Å². The first-order valence-electron chi connectivity index (χ1n) is 7.96. The molecule has 0 bridgehead atoms. The first-order valence-corrected chi connectivity index (χ1v) is 10.7. The van der Waals surface area contributed by atoms with E-state index in [4.69, 9.17) is 0 Å². The van der Waals surface area contributed by atoms with Gasteiger partial charge in [0.05, 0.1) is 22.5 Å². The molecule has 2 N–H and O–H groups in total. The second-order valence-electron chi connectivity index (χ2n) is 6.14. The molecule has 1 aromatic heterocycles. The molecule has 0 aliphatic carbocycles. The van der Waals surface area contributed by atoms with Gasteiger partial charge in [0.15, 0.2) is 10.9 Å². The van der Waals surface area contributed by atoms with E-state index in [9.17, 15) is 13.2 Å². The Hall–Kier alpha value is -2.32. The van der Waals surface area contributed by atoms with Gasteiger partial charge in [-0.2, -0.15) is 0 Å². The van der Waals surface area contributed by atoms with Crippen molar-refractivity contribution in [3.05, 3.63) is 53.6 Å². The summed E-state index contributed by atoms with van der Waals surface area (Å²) in [6, 6.07) is 12.4. The molecule has 2 aromatic carbocycles. The number of hydrogen-bond acceptors (Lipinski definition) is 5. The monoisotopic (exact) mass is 389 g/mol. The molecule has 136 valence electrons. The van der Waals surface area contributed by atoms with Crippen molar-refractivity contribution in [3.8, 4) is 0 Å². The molecule has 3 rings (SSSR count). The molecule has 6 nitrogen and oxygen atoms in total. The zero-order chi connectivity index (χ0) is 18.9. The maximum atomic E-state index is 12.6. The van der Waals surface area contributed by atoms with Crippen molar-refractivity contribution >= 4 is 44.3 Å². The standard InChI is InChI=1S/C18H19N3O3S2/c1-11-4-9-15-16(10-11)20-18(19-15)25-12(2)17(22)13-5-7-14(8-6-13)21-26(3,23)24/h4-10,12,21H,1-3H3,(H,19,20). The minimum Gasteiger partial charge on any atom is -0.333 e. The molecule has 1 heterocycles. The van der Waals surface area contributed by atoms with Gasteiger partial charge in [0.1, 0.15) is 0 Å². The fraction of sp³-hybridized carbons (Fsp3) is 0.222. The Bertz CT molecular complexity index is 1060. The molecule has 0 saturated carbocycles. The third-order valence-corrected chi connectivity index (χ3v) is 5.34. The van der Waals surface area contributed by atoms with Gasteiger partial charge in [-0.15, -0.1) is 0 Å². The van der Waals surface area contributed by atoms with E-state index in [1.54, 1.807) is 24.3 Å². The summed E-state index contributed by atoms with van der Waals surface area (Å²) in [4.78, 5) is 20.3. The number of carbonyl (C=O) groups is 1. The predicted octanol–water partition coefficient (Wildman–Crippen LogP) is 3.61. The Balaban J connectivity index is 1.72. The van der Waals surface area contributed by atoms with Crippen LogP contribution in [0.25, 0.3) is 11.0 Å². The van der Waals surface area contributed by atoms with Crippen LogP contribution in [0.15, 0.2) is 47.6 Å². The van der Waals surface area contributed by atoms with Gasteiger partial charge in [0.25, 0.3) is 0 Å². The topological polar surface area (TPSA) is 91.9 Å². The maximum Gasteiger partial charge on any atom is 0.229 e. The summed E-state index contributed by atoms with van der Waals surface area (Å²) >= 11 is 1.36. The number of aromatic nitrogens is 2. The number of ketones is 1. The third kappa shape index (κ3) is 4.44. The molecule has 0 spiro atoms. The van der Waals surface area contributed by atoms with Crippen molar-refractivity contribution in [2.24, 2.45) is 0 Å². The number of fused-ring (bicyclic) bond motifs is 1. The number of carbonyl (C=O) groups excluding carboxylic acids is 1. The number of thioether (sulfide) groups is 1. The number of benzene rings is 2. The normalized spacial score (nSPS) is 12.9. The van der Waals surface area contributed by atoms with Gasteiger partial charge in [-0.05, 0) is 55.8 Å². The molecule has 0 radical (unpaired) electrons. The number of aryl methyl sites for hydroxylation is 1. The number of Topliss-reactive ketones (excluding diaryl/α,β-unsaturated/α-hetero) is 1. The molecule has 3 aromatic rings. The lowest BCUT2D eigenvalue weighted by molar-refractivity contribution is 0.0994. The lowest BCUT2D eigenvalue weighted by Gasteiger charge is -2.09. The van der Waals surface area contributed by atoms with Crippen molar-refractivity contribution in [3.63, 3.8) is 0 Å². The summed E-state index contributed by atoms with van der Waals surface area (Å²) in [5, 5.41) is 0.368. The van der Waals surface area contributed by atoms with Crippen molar-refractivity contribution in [1.82, 2.24) is 9.97 Å². The van der Waals surface area contributed by atoms with E-state index in [0.29, 0.717) is 16.4 Å². The van der Waals surface area contributed by atoms with Crippen molar-refractivity contribution in [2.45, 2.75) is 24.3 Å². The zero-order valence-corrected chi connectivity index (χ0v) is 16.2. The molecule has 0 fully saturated rings. The van der Waals surface area contributed by atoms with Crippen LogP contribution in [0.3, 0.4) is 0 Å². The lowest BCUT2D eigenvalue weighted by atomic mass is 10.1. The fourth-order valence-electron chi connectivity index (χ4n) is 2.53. The van der Waals surface area contributed by atoms with E-state index < -0.39 is 10.0 Å². The third-order valence-electron chi connectivity index (χ3n) is 3.75. The average Bonchev–Trinajstić information content (AvgIpc) is 2.94. The van der Waals surface area contributed by atoms with Gasteiger partial charge in [-0.1, -0.05) is 17.8 Å². The van der Waals surface area contributed by atoms with Crippen LogP contribution in [0, 0.1) is 6.92 Å². The summed E-state index contributed by atoms with van der Waals surface area (Å²) in [6.07, 6.45) is 1.08. The van der Waals surface area contributed by atoms with E-state index >= 15 is 0 Å². The number of aromatic amines is 1. The molecule has 0 amide bonds. The highest BCUT2D eigenvalue weighted by Gasteiger charge is 2.18. The molecular formula is C18H19N3O3S2. The lowest BCUT2D eigenvalue weighted by Crippen LogP contribution is -2.14. The van der Waals surface area contributed by atoms with E-state index in [-0.39, 0.29) is 11.0 Å². The number of hydrogen-bond donors (Lipinski definition) is 2. The molecule has 26 heavy (non-hydrogen) atoms. The van der Waals surface area contributed by atoms with Crippen molar-refractivity contribution in [2.75, 3.05) is 11.0 Å². The molecule has 0 saturated heterocycles. The quantitative estimate of drug-likeness (QED) is 0.496. The van der Waals surface area contributed by atoms with Crippen LogP contribution in [0.5, 0.6) is 0 Å². The Morgan fingerprint density at radius 3 is 2.54 bits per heavy atom. The number of nitrogens with one attached hydrogen (secondary N) is 2.